The number of hydrogen-bond acceptors (Lipinski definition) is 3. The average Bonchev–Trinajstić information content (AvgIpc) is 2.49. The van der Waals surface area contributed by atoms with Gasteiger partial charge in [-0.3, -0.25) is 4.79 Å². The molecule has 0 bridgehead atoms. The molecule has 0 aromatic carbocycles. The van der Waals surface area contributed by atoms with Gasteiger partial charge in [0.2, 0.25) is 5.91 Å². The molecule has 0 radical (unpaired) electrons. The minimum absolute atomic E-state index is 0.180. The zero-order valence-corrected chi connectivity index (χ0v) is 11.8. The topological polar surface area (TPSA) is 49.6 Å². The van der Waals surface area contributed by atoms with Gasteiger partial charge in [0.15, 0.2) is 0 Å². The summed E-state index contributed by atoms with van der Waals surface area (Å²) in [6.07, 6.45) is 5.20. The van der Waals surface area contributed by atoms with E-state index in [4.69, 9.17) is 5.73 Å². The number of nitrogens with zero attached hydrogens (tertiary/aromatic N) is 2. The maximum Gasteiger partial charge on any atom is 0.226 e. The van der Waals surface area contributed by atoms with Crippen LogP contribution in [0.4, 0.5) is 0 Å². The molecule has 4 heteroatoms. The van der Waals surface area contributed by atoms with Crippen LogP contribution in [0, 0.1) is 5.92 Å². The molecule has 2 fully saturated rings. The summed E-state index contributed by atoms with van der Waals surface area (Å²) in [5.74, 6) is 0.535. The minimum atomic E-state index is 0.180. The number of carbonyl (C=O) groups excluding carboxylic acids is 1. The molecule has 0 aromatic rings. The summed E-state index contributed by atoms with van der Waals surface area (Å²) in [6, 6.07) is 0.570. The van der Waals surface area contributed by atoms with Gasteiger partial charge in [0.05, 0.1) is 0 Å². The second-order valence-corrected chi connectivity index (χ2v) is 6.12. The van der Waals surface area contributed by atoms with Gasteiger partial charge in [-0.1, -0.05) is 6.42 Å². The molecule has 1 aliphatic heterocycles. The quantitative estimate of drug-likeness (QED) is 0.760. The zero-order valence-electron chi connectivity index (χ0n) is 11.8. The highest BCUT2D eigenvalue weighted by Crippen LogP contribution is 2.26. The fraction of sp³-hybridized carbons (Fsp3) is 0.929. The molecule has 18 heavy (non-hydrogen) atoms. The number of hydrogen-bond donors (Lipinski definition) is 1. The van der Waals surface area contributed by atoms with E-state index in [-0.39, 0.29) is 12.0 Å². The van der Waals surface area contributed by atoms with Gasteiger partial charge in [-0.15, -0.1) is 0 Å². The molecular formula is C14H27N3O. The van der Waals surface area contributed by atoms with Crippen molar-refractivity contribution >= 4 is 5.91 Å². The van der Waals surface area contributed by atoms with Crippen molar-refractivity contribution in [2.24, 2.45) is 11.7 Å². The minimum Gasteiger partial charge on any atom is -0.338 e. The van der Waals surface area contributed by atoms with Crippen LogP contribution in [-0.2, 0) is 4.79 Å². The van der Waals surface area contributed by atoms with Crippen LogP contribution in [0.15, 0.2) is 0 Å². The molecule has 2 aliphatic rings. The predicted molar refractivity (Wildman–Crippen MR) is 73.2 cm³/mol. The van der Waals surface area contributed by atoms with Crippen LogP contribution in [0.5, 0.6) is 0 Å². The highest BCUT2D eigenvalue weighted by molar-refractivity contribution is 5.79. The van der Waals surface area contributed by atoms with Crippen molar-refractivity contribution in [3.63, 3.8) is 0 Å². The largest absolute Gasteiger partial charge is 0.338 e. The number of amides is 1. The van der Waals surface area contributed by atoms with E-state index < -0.39 is 0 Å². The average molecular weight is 253 g/mol. The van der Waals surface area contributed by atoms with E-state index in [9.17, 15) is 4.79 Å². The van der Waals surface area contributed by atoms with Gasteiger partial charge in [0.25, 0.3) is 0 Å². The maximum atomic E-state index is 12.6. The standard InChI is InChI=1S/C14H27N3O/c1-11-10-16(2)7-4-8-17(11)14(18)12-5-3-6-13(15)9-12/h11-13H,3-10,15H2,1-2H3. The summed E-state index contributed by atoms with van der Waals surface area (Å²) in [7, 11) is 2.14. The van der Waals surface area contributed by atoms with E-state index in [1.165, 1.54) is 0 Å². The molecule has 1 heterocycles. The van der Waals surface area contributed by atoms with Crippen molar-refractivity contribution in [3.05, 3.63) is 0 Å². The normalized spacial score (nSPS) is 35.3. The lowest BCUT2D eigenvalue weighted by atomic mass is 9.85. The first kappa shape index (κ1) is 13.8. The van der Waals surface area contributed by atoms with E-state index in [2.05, 4.69) is 23.8 Å². The van der Waals surface area contributed by atoms with Gasteiger partial charge in [0, 0.05) is 31.1 Å². The summed E-state index contributed by atoms with van der Waals surface area (Å²) in [6.45, 7) is 5.17. The molecule has 4 nitrogen and oxygen atoms in total. The molecule has 2 N–H and O–H groups in total. The van der Waals surface area contributed by atoms with E-state index in [0.717, 1.165) is 51.7 Å². The van der Waals surface area contributed by atoms with Crippen LogP contribution >= 0.6 is 0 Å². The van der Waals surface area contributed by atoms with Crippen molar-refractivity contribution in [1.82, 2.24) is 9.80 Å². The van der Waals surface area contributed by atoms with Gasteiger partial charge >= 0.3 is 0 Å². The third kappa shape index (κ3) is 3.23. The second kappa shape index (κ2) is 6.02. The van der Waals surface area contributed by atoms with Gasteiger partial charge in [-0.2, -0.15) is 0 Å². The first-order valence-corrected chi connectivity index (χ1v) is 7.32. The summed E-state index contributed by atoms with van der Waals surface area (Å²) in [5.41, 5.74) is 6.00. The second-order valence-electron chi connectivity index (χ2n) is 6.12. The Morgan fingerprint density at radius 1 is 1.22 bits per heavy atom. The fourth-order valence-corrected chi connectivity index (χ4v) is 3.39. The molecule has 2 rings (SSSR count). The van der Waals surface area contributed by atoms with Crippen molar-refractivity contribution in [3.8, 4) is 0 Å². The van der Waals surface area contributed by atoms with Crippen LogP contribution in [0.25, 0.3) is 0 Å². The number of rotatable bonds is 1. The van der Waals surface area contributed by atoms with E-state index in [1.807, 2.05) is 0 Å². The van der Waals surface area contributed by atoms with Crippen molar-refractivity contribution < 1.29 is 4.79 Å². The first-order valence-electron chi connectivity index (χ1n) is 7.32. The summed E-state index contributed by atoms with van der Waals surface area (Å²) in [5, 5.41) is 0. The van der Waals surface area contributed by atoms with Gasteiger partial charge < -0.3 is 15.5 Å². The predicted octanol–water partition coefficient (Wildman–Crippen LogP) is 1.06. The van der Waals surface area contributed by atoms with Crippen molar-refractivity contribution in [2.45, 2.75) is 51.1 Å². The number of nitrogens with two attached hydrogens (primary N) is 1. The molecule has 1 aliphatic carbocycles. The number of carbonyl (C=O) groups is 1. The molecule has 1 saturated carbocycles. The SMILES string of the molecule is CC1CN(C)CCCN1C(=O)C1CCCC(N)C1. The molecule has 104 valence electrons. The molecular weight excluding hydrogens is 226 g/mol. The Bertz CT molecular complexity index is 295. The maximum absolute atomic E-state index is 12.6. The Morgan fingerprint density at radius 3 is 2.72 bits per heavy atom. The number of likely N-dealkylation sites (N-methyl/N-ethyl adjacent to an activating group) is 1. The Hall–Kier alpha value is -0.610. The Morgan fingerprint density at radius 2 is 2.00 bits per heavy atom. The first-order chi connectivity index (χ1) is 8.58. The molecule has 0 spiro atoms. The van der Waals surface area contributed by atoms with Gasteiger partial charge in [-0.25, -0.2) is 0 Å². The lowest BCUT2D eigenvalue weighted by molar-refractivity contribution is -0.138. The third-order valence-corrected chi connectivity index (χ3v) is 4.39. The highest BCUT2D eigenvalue weighted by atomic mass is 16.2. The lowest BCUT2D eigenvalue weighted by Gasteiger charge is -2.34. The van der Waals surface area contributed by atoms with Gasteiger partial charge in [-0.05, 0) is 46.2 Å². The third-order valence-electron chi connectivity index (χ3n) is 4.39. The molecule has 3 atom stereocenters. The van der Waals surface area contributed by atoms with Crippen LogP contribution in [0.3, 0.4) is 0 Å². The summed E-state index contributed by atoms with van der Waals surface area (Å²) < 4.78 is 0. The molecule has 0 aromatic heterocycles. The highest BCUT2D eigenvalue weighted by Gasteiger charge is 2.32. The molecule has 1 saturated heterocycles. The van der Waals surface area contributed by atoms with Crippen molar-refractivity contribution in [2.75, 3.05) is 26.7 Å². The Labute approximate surface area is 110 Å². The lowest BCUT2D eigenvalue weighted by Crippen LogP contribution is -2.46. The summed E-state index contributed by atoms with van der Waals surface area (Å²) >= 11 is 0. The van der Waals surface area contributed by atoms with Crippen molar-refractivity contribution in [1.29, 1.82) is 0 Å². The van der Waals surface area contributed by atoms with Crippen LogP contribution in [-0.4, -0.2) is 54.5 Å². The van der Waals surface area contributed by atoms with Crippen LogP contribution in [0.2, 0.25) is 0 Å². The Kier molecular flexibility index (Phi) is 4.62. The van der Waals surface area contributed by atoms with E-state index in [0.29, 0.717) is 11.9 Å². The smallest absolute Gasteiger partial charge is 0.226 e. The van der Waals surface area contributed by atoms with E-state index >= 15 is 0 Å². The summed E-state index contributed by atoms with van der Waals surface area (Å²) in [4.78, 5) is 17.0. The molecule has 1 amide bonds. The van der Waals surface area contributed by atoms with Gasteiger partial charge in [0.1, 0.15) is 0 Å². The zero-order chi connectivity index (χ0) is 13.1. The van der Waals surface area contributed by atoms with Crippen LogP contribution < -0.4 is 5.73 Å². The monoisotopic (exact) mass is 253 g/mol. The van der Waals surface area contributed by atoms with E-state index in [1.54, 1.807) is 0 Å². The van der Waals surface area contributed by atoms with Crippen LogP contribution in [0.1, 0.15) is 39.0 Å². The fourth-order valence-electron chi connectivity index (χ4n) is 3.39. The molecule has 3 unspecified atom stereocenters. The Balaban J connectivity index is 1.98.